The zero-order valence-electron chi connectivity index (χ0n) is 18.3. The number of nitrogens with one attached hydrogen (secondary N) is 1. The lowest BCUT2D eigenvalue weighted by molar-refractivity contribution is -0.122. The van der Waals surface area contributed by atoms with E-state index >= 15 is 0 Å². The molecule has 0 fully saturated rings. The molecular weight excluding hydrogens is 436 g/mol. The van der Waals surface area contributed by atoms with E-state index in [1.807, 2.05) is 13.0 Å². The normalized spacial score (nSPS) is 15.5. The van der Waals surface area contributed by atoms with Crippen LogP contribution in [0.5, 0.6) is 5.75 Å². The molecule has 1 amide bonds. The summed E-state index contributed by atoms with van der Waals surface area (Å²) in [7, 11) is -2.35. The van der Waals surface area contributed by atoms with Gasteiger partial charge in [0.1, 0.15) is 11.8 Å². The molecule has 31 heavy (non-hydrogen) atoms. The number of amides is 1. The molecule has 1 aliphatic rings. The molecule has 0 unspecified atom stereocenters. The van der Waals surface area contributed by atoms with E-state index in [9.17, 15) is 13.2 Å². The van der Waals surface area contributed by atoms with Gasteiger partial charge in [0.25, 0.3) is 0 Å². The van der Waals surface area contributed by atoms with Crippen LogP contribution in [-0.4, -0.2) is 33.7 Å². The zero-order valence-corrected chi connectivity index (χ0v) is 19.9. The molecule has 8 heteroatoms. The Balaban J connectivity index is 1.85. The smallest absolute Gasteiger partial charge is 0.244 e. The lowest BCUT2D eigenvalue weighted by atomic mass is 9.89. The molecule has 0 spiro atoms. The van der Waals surface area contributed by atoms with Crippen molar-refractivity contribution in [3.8, 4) is 5.75 Å². The number of hydrogen-bond acceptors (Lipinski definition) is 4. The third-order valence-electron chi connectivity index (χ3n) is 5.70. The van der Waals surface area contributed by atoms with Gasteiger partial charge in [0.15, 0.2) is 0 Å². The highest BCUT2D eigenvalue weighted by Gasteiger charge is 2.32. The summed E-state index contributed by atoms with van der Waals surface area (Å²) in [6, 6.07) is 9.73. The highest BCUT2D eigenvalue weighted by molar-refractivity contribution is 7.92. The lowest BCUT2D eigenvalue weighted by Crippen LogP contribution is -2.48. The quantitative estimate of drug-likeness (QED) is 0.664. The minimum Gasteiger partial charge on any atom is -0.495 e. The largest absolute Gasteiger partial charge is 0.495 e. The van der Waals surface area contributed by atoms with Crippen LogP contribution in [0.3, 0.4) is 0 Å². The molecule has 0 radical (unpaired) electrons. The number of carbonyl (C=O) groups excluding carboxylic acids is 1. The number of ether oxygens (including phenoxy) is 1. The number of anilines is 1. The summed E-state index contributed by atoms with van der Waals surface area (Å²) in [6.45, 7) is 3.45. The number of benzene rings is 2. The Labute approximate surface area is 189 Å². The molecular formula is C23H29ClN2O4S. The number of hydrogen-bond donors (Lipinski definition) is 1. The van der Waals surface area contributed by atoms with E-state index in [1.165, 1.54) is 37.1 Å². The first-order valence-electron chi connectivity index (χ1n) is 10.4. The molecule has 0 bridgehead atoms. The van der Waals surface area contributed by atoms with Gasteiger partial charge in [-0.2, -0.15) is 0 Å². The van der Waals surface area contributed by atoms with Crippen LogP contribution in [0.4, 0.5) is 5.69 Å². The van der Waals surface area contributed by atoms with Gasteiger partial charge in [-0.25, -0.2) is 8.42 Å². The van der Waals surface area contributed by atoms with Gasteiger partial charge < -0.3 is 10.1 Å². The van der Waals surface area contributed by atoms with Crippen molar-refractivity contribution in [3.63, 3.8) is 0 Å². The summed E-state index contributed by atoms with van der Waals surface area (Å²) < 4.78 is 31.6. The molecule has 1 aliphatic carbocycles. The van der Waals surface area contributed by atoms with E-state index in [0.717, 1.165) is 29.0 Å². The van der Waals surface area contributed by atoms with Gasteiger partial charge in [0.2, 0.25) is 15.9 Å². The van der Waals surface area contributed by atoms with Crippen molar-refractivity contribution in [2.75, 3.05) is 17.7 Å². The molecule has 0 aromatic heterocycles. The van der Waals surface area contributed by atoms with Crippen LogP contribution >= 0.6 is 11.6 Å². The molecule has 2 atom stereocenters. The van der Waals surface area contributed by atoms with Gasteiger partial charge in [-0.15, -0.1) is 0 Å². The number of carbonyl (C=O) groups is 1. The maximum absolute atomic E-state index is 13.1. The summed E-state index contributed by atoms with van der Waals surface area (Å²) in [5.41, 5.74) is 3.94. The Bertz CT molecular complexity index is 1070. The maximum atomic E-state index is 13.1. The van der Waals surface area contributed by atoms with E-state index in [2.05, 4.69) is 17.4 Å². The minimum atomic E-state index is -3.79. The third-order valence-corrected chi connectivity index (χ3v) is 7.16. The van der Waals surface area contributed by atoms with E-state index in [4.69, 9.17) is 16.3 Å². The highest BCUT2D eigenvalue weighted by Crippen LogP contribution is 2.34. The maximum Gasteiger partial charge on any atom is 0.244 e. The van der Waals surface area contributed by atoms with Crippen LogP contribution in [-0.2, 0) is 27.7 Å². The summed E-state index contributed by atoms with van der Waals surface area (Å²) in [6.07, 6.45) is 5.60. The van der Waals surface area contributed by atoms with E-state index in [-0.39, 0.29) is 11.7 Å². The van der Waals surface area contributed by atoms with Crippen molar-refractivity contribution in [2.24, 2.45) is 0 Å². The van der Waals surface area contributed by atoms with Gasteiger partial charge in [-0.3, -0.25) is 9.10 Å². The fourth-order valence-electron chi connectivity index (χ4n) is 4.06. The molecule has 0 aliphatic heterocycles. The number of fused-ring (bicyclic) bond motifs is 1. The molecule has 168 valence electrons. The van der Waals surface area contributed by atoms with E-state index in [1.54, 1.807) is 19.1 Å². The number of nitrogens with zero attached hydrogens (tertiary/aromatic N) is 1. The van der Waals surface area contributed by atoms with Gasteiger partial charge in [0.05, 0.1) is 25.1 Å². The number of halogens is 1. The van der Waals surface area contributed by atoms with Crippen LogP contribution in [0.25, 0.3) is 0 Å². The van der Waals surface area contributed by atoms with Crippen LogP contribution in [0.2, 0.25) is 5.02 Å². The average molecular weight is 465 g/mol. The van der Waals surface area contributed by atoms with Crippen molar-refractivity contribution in [1.82, 2.24) is 5.32 Å². The van der Waals surface area contributed by atoms with Crippen LogP contribution < -0.4 is 14.4 Å². The molecule has 0 saturated carbocycles. The van der Waals surface area contributed by atoms with Crippen LogP contribution in [0, 0.1) is 0 Å². The third kappa shape index (κ3) is 5.33. The fourth-order valence-corrected chi connectivity index (χ4v) is 5.39. The van der Waals surface area contributed by atoms with Crippen molar-refractivity contribution < 1.29 is 17.9 Å². The Morgan fingerprint density at radius 1 is 1.10 bits per heavy atom. The Morgan fingerprint density at radius 3 is 2.42 bits per heavy atom. The Kier molecular flexibility index (Phi) is 7.17. The predicted octanol–water partition coefficient (Wildman–Crippen LogP) is 4.26. The Morgan fingerprint density at radius 2 is 1.77 bits per heavy atom. The second kappa shape index (κ2) is 9.49. The molecule has 1 N–H and O–H groups in total. The van der Waals surface area contributed by atoms with Crippen molar-refractivity contribution in [1.29, 1.82) is 0 Å². The Hall–Kier alpha value is -2.25. The number of methoxy groups -OCH3 is 1. The molecule has 0 heterocycles. The topological polar surface area (TPSA) is 75.7 Å². The first-order chi connectivity index (χ1) is 14.6. The summed E-state index contributed by atoms with van der Waals surface area (Å²) >= 11 is 6.10. The van der Waals surface area contributed by atoms with Gasteiger partial charge >= 0.3 is 0 Å². The fraction of sp³-hybridized carbons (Fsp3) is 0.435. The summed E-state index contributed by atoms with van der Waals surface area (Å²) in [5, 5.41) is 3.31. The monoisotopic (exact) mass is 464 g/mol. The van der Waals surface area contributed by atoms with Crippen molar-refractivity contribution >= 4 is 33.2 Å². The average Bonchev–Trinajstić information content (AvgIpc) is 2.72. The molecule has 6 nitrogen and oxygen atoms in total. The van der Waals surface area contributed by atoms with Crippen molar-refractivity contribution in [3.05, 3.63) is 58.1 Å². The van der Waals surface area contributed by atoms with Crippen LogP contribution in [0.1, 0.15) is 49.4 Å². The van der Waals surface area contributed by atoms with Gasteiger partial charge in [0, 0.05) is 5.02 Å². The second-order valence-corrected chi connectivity index (χ2v) is 10.3. The van der Waals surface area contributed by atoms with Crippen LogP contribution in [0.15, 0.2) is 36.4 Å². The minimum absolute atomic E-state index is 0.224. The molecule has 2 aromatic rings. The van der Waals surface area contributed by atoms with E-state index in [0.29, 0.717) is 10.8 Å². The predicted molar refractivity (Wildman–Crippen MR) is 124 cm³/mol. The zero-order chi connectivity index (χ0) is 22.8. The molecule has 0 saturated heterocycles. The molecule has 3 rings (SSSR count). The first-order valence-corrected chi connectivity index (χ1v) is 12.6. The van der Waals surface area contributed by atoms with Gasteiger partial charge in [-0.05, 0) is 74.4 Å². The van der Waals surface area contributed by atoms with Gasteiger partial charge in [-0.1, -0.05) is 29.8 Å². The van der Waals surface area contributed by atoms with E-state index < -0.39 is 22.0 Å². The lowest BCUT2D eigenvalue weighted by Gasteiger charge is -2.30. The van der Waals surface area contributed by atoms with Crippen molar-refractivity contribution in [2.45, 2.75) is 51.6 Å². The SMILES string of the molecule is COc1ccc(Cl)cc1N([C@@H](C)C(=O)N[C@@H](C)c1ccc2c(c1)CCCC2)S(C)(=O)=O. The molecule has 2 aromatic carbocycles. The second-order valence-electron chi connectivity index (χ2n) is 8.02. The summed E-state index contributed by atoms with van der Waals surface area (Å²) in [4.78, 5) is 13.1. The number of sulfonamides is 1. The number of rotatable bonds is 7. The standard InChI is InChI=1S/C23H29ClN2O4S/c1-15(18-10-9-17-7-5-6-8-19(17)13-18)25-23(27)16(2)26(31(4,28)29)21-14-20(24)11-12-22(21)30-3/h9-16H,5-8H2,1-4H3,(H,25,27)/t15-,16-/m0/s1. The number of aryl methyl sites for hydroxylation is 2. The first kappa shape index (κ1) is 23.4. The highest BCUT2D eigenvalue weighted by atomic mass is 35.5. The summed E-state index contributed by atoms with van der Waals surface area (Å²) in [5.74, 6) is -0.0881.